The minimum Gasteiger partial charge on any atom is -0.508 e. The molecular formula is C17H12O6. The van der Waals surface area contributed by atoms with E-state index in [-0.39, 0.29) is 34.1 Å². The first-order valence-electron chi connectivity index (χ1n) is 6.64. The van der Waals surface area contributed by atoms with Crippen molar-refractivity contribution in [3.8, 4) is 23.0 Å². The Labute approximate surface area is 129 Å². The molecule has 0 aliphatic carbocycles. The molecule has 0 amide bonds. The van der Waals surface area contributed by atoms with Crippen LogP contribution < -0.4 is 5.63 Å². The van der Waals surface area contributed by atoms with Gasteiger partial charge in [0.1, 0.15) is 22.6 Å². The first kappa shape index (κ1) is 14.5. The van der Waals surface area contributed by atoms with Crippen molar-refractivity contribution in [1.29, 1.82) is 0 Å². The molecule has 0 saturated heterocycles. The van der Waals surface area contributed by atoms with E-state index in [2.05, 4.69) is 0 Å². The van der Waals surface area contributed by atoms with Crippen molar-refractivity contribution in [1.82, 2.24) is 0 Å². The molecule has 0 saturated carbocycles. The van der Waals surface area contributed by atoms with Crippen molar-refractivity contribution < 1.29 is 24.8 Å². The predicted octanol–water partition coefficient (Wildman–Crippen LogP) is 2.79. The van der Waals surface area contributed by atoms with E-state index >= 15 is 0 Å². The topological polar surface area (TPSA) is 111 Å². The van der Waals surface area contributed by atoms with Gasteiger partial charge >= 0.3 is 5.63 Å². The van der Waals surface area contributed by atoms with Crippen molar-refractivity contribution in [2.45, 2.75) is 0 Å². The van der Waals surface area contributed by atoms with E-state index in [0.29, 0.717) is 10.9 Å². The highest BCUT2D eigenvalue weighted by atomic mass is 16.4. The zero-order valence-electron chi connectivity index (χ0n) is 11.7. The van der Waals surface area contributed by atoms with E-state index in [1.54, 1.807) is 12.1 Å². The third kappa shape index (κ3) is 2.82. The van der Waals surface area contributed by atoms with Crippen LogP contribution in [0.3, 0.4) is 0 Å². The lowest BCUT2D eigenvalue weighted by Crippen LogP contribution is -2.00. The summed E-state index contributed by atoms with van der Waals surface area (Å²) in [6.45, 7) is 0. The molecule has 0 atom stereocenters. The van der Waals surface area contributed by atoms with Crippen LogP contribution in [0.2, 0.25) is 0 Å². The Balaban J connectivity index is 2.05. The summed E-state index contributed by atoms with van der Waals surface area (Å²) in [6.07, 6.45) is 3.07. The van der Waals surface area contributed by atoms with Crippen LogP contribution in [0.15, 0.2) is 45.6 Å². The molecule has 23 heavy (non-hydrogen) atoms. The standard InChI is InChI=1S/C17H12O6/c18-11-6-10-7-12(23-17(22)16(10)15(21)8-11)3-1-9-2-4-13(19)14(20)5-9/h1-8,18-21H/b3-1+. The van der Waals surface area contributed by atoms with Gasteiger partial charge in [-0.25, -0.2) is 4.79 Å². The third-order valence-corrected chi connectivity index (χ3v) is 3.28. The van der Waals surface area contributed by atoms with Crippen molar-refractivity contribution in [3.63, 3.8) is 0 Å². The summed E-state index contributed by atoms with van der Waals surface area (Å²) in [6, 6.07) is 8.16. The summed E-state index contributed by atoms with van der Waals surface area (Å²) in [5, 5.41) is 38.2. The van der Waals surface area contributed by atoms with Crippen LogP contribution in [0.5, 0.6) is 23.0 Å². The molecule has 0 bridgehead atoms. The minimum absolute atomic E-state index is 0.0118. The molecule has 116 valence electrons. The first-order chi connectivity index (χ1) is 10.9. The maximum atomic E-state index is 11.9. The second-order valence-electron chi connectivity index (χ2n) is 4.95. The fourth-order valence-corrected chi connectivity index (χ4v) is 2.21. The molecule has 4 N–H and O–H groups in total. The third-order valence-electron chi connectivity index (χ3n) is 3.28. The molecular weight excluding hydrogens is 300 g/mol. The molecule has 0 unspecified atom stereocenters. The van der Waals surface area contributed by atoms with Gasteiger partial charge in [-0.05, 0) is 35.9 Å². The number of hydrogen-bond acceptors (Lipinski definition) is 6. The van der Waals surface area contributed by atoms with Crippen molar-refractivity contribution >= 4 is 22.9 Å². The van der Waals surface area contributed by atoms with Gasteiger partial charge in [-0.3, -0.25) is 0 Å². The van der Waals surface area contributed by atoms with Gasteiger partial charge in [0, 0.05) is 11.5 Å². The number of hydrogen-bond donors (Lipinski definition) is 4. The maximum absolute atomic E-state index is 11.9. The number of fused-ring (bicyclic) bond motifs is 1. The average Bonchev–Trinajstić information content (AvgIpc) is 2.47. The van der Waals surface area contributed by atoms with E-state index in [0.717, 1.165) is 6.07 Å². The quantitative estimate of drug-likeness (QED) is 0.541. The van der Waals surface area contributed by atoms with E-state index < -0.39 is 5.63 Å². The SMILES string of the molecule is O=c1oc(/C=C/c2ccc(O)c(O)c2)cc2cc(O)cc(O)c12. The van der Waals surface area contributed by atoms with Gasteiger partial charge in [-0.2, -0.15) is 0 Å². The molecule has 3 aromatic rings. The minimum atomic E-state index is -0.729. The van der Waals surface area contributed by atoms with Gasteiger partial charge in [0.05, 0.1) is 0 Å². The van der Waals surface area contributed by atoms with Gasteiger partial charge in [0.25, 0.3) is 0 Å². The Morgan fingerprint density at radius 3 is 2.35 bits per heavy atom. The average molecular weight is 312 g/mol. The summed E-state index contributed by atoms with van der Waals surface area (Å²) in [4.78, 5) is 11.9. The highest BCUT2D eigenvalue weighted by Crippen LogP contribution is 2.29. The molecule has 0 spiro atoms. The van der Waals surface area contributed by atoms with Gasteiger partial charge in [-0.1, -0.05) is 12.1 Å². The maximum Gasteiger partial charge on any atom is 0.347 e. The van der Waals surface area contributed by atoms with Crippen LogP contribution in [-0.4, -0.2) is 20.4 Å². The van der Waals surface area contributed by atoms with Crippen LogP contribution in [-0.2, 0) is 0 Å². The largest absolute Gasteiger partial charge is 0.508 e. The Morgan fingerprint density at radius 2 is 1.61 bits per heavy atom. The van der Waals surface area contributed by atoms with Crippen molar-refractivity contribution in [2.24, 2.45) is 0 Å². The summed E-state index contributed by atoms with van der Waals surface area (Å²) < 4.78 is 5.09. The van der Waals surface area contributed by atoms with Gasteiger partial charge < -0.3 is 24.8 Å². The monoisotopic (exact) mass is 312 g/mol. The number of rotatable bonds is 2. The highest BCUT2D eigenvalue weighted by Gasteiger charge is 2.09. The molecule has 3 rings (SSSR count). The second kappa shape index (κ2) is 5.42. The van der Waals surface area contributed by atoms with Gasteiger partial charge in [0.15, 0.2) is 11.5 Å². The zero-order valence-corrected chi connectivity index (χ0v) is 11.7. The molecule has 0 aliphatic rings. The fraction of sp³-hybridized carbons (Fsp3) is 0. The van der Waals surface area contributed by atoms with Crippen LogP contribution in [0.25, 0.3) is 22.9 Å². The summed E-state index contributed by atoms with van der Waals surface area (Å²) in [5.41, 5.74) is -0.144. The number of phenolic OH excluding ortho intramolecular Hbond substituents is 4. The van der Waals surface area contributed by atoms with Gasteiger partial charge in [-0.15, -0.1) is 0 Å². The van der Waals surface area contributed by atoms with E-state index in [4.69, 9.17) is 4.42 Å². The molecule has 1 aromatic heterocycles. The summed E-state index contributed by atoms with van der Waals surface area (Å²) in [5.74, 6) is -0.806. The Kier molecular flexibility index (Phi) is 3.42. The lowest BCUT2D eigenvalue weighted by atomic mass is 10.1. The predicted molar refractivity (Wildman–Crippen MR) is 84.5 cm³/mol. The molecule has 1 heterocycles. The smallest absolute Gasteiger partial charge is 0.347 e. The lowest BCUT2D eigenvalue weighted by Gasteiger charge is -2.02. The van der Waals surface area contributed by atoms with Crippen LogP contribution in [0, 0.1) is 0 Å². The van der Waals surface area contributed by atoms with E-state index in [1.165, 1.54) is 30.3 Å². The Hall–Kier alpha value is -3.41. The van der Waals surface area contributed by atoms with Crippen LogP contribution in [0.1, 0.15) is 11.3 Å². The molecule has 0 radical (unpaired) electrons. The number of phenols is 4. The fourth-order valence-electron chi connectivity index (χ4n) is 2.21. The van der Waals surface area contributed by atoms with Crippen LogP contribution in [0.4, 0.5) is 0 Å². The molecule has 0 aliphatic heterocycles. The summed E-state index contributed by atoms with van der Waals surface area (Å²) >= 11 is 0. The lowest BCUT2D eigenvalue weighted by molar-refractivity contribution is 0.403. The number of benzene rings is 2. The number of aromatic hydroxyl groups is 4. The first-order valence-corrected chi connectivity index (χ1v) is 6.64. The van der Waals surface area contributed by atoms with E-state index in [1.807, 2.05) is 0 Å². The Bertz CT molecular complexity index is 984. The molecule has 2 aromatic carbocycles. The van der Waals surface area contributed by atoms with Crippen molar-refractivity contribution in [3.05, 3.63) is 58.1 Å². The Morgan fingerprint density at radius 1 is 0.826 bits per heavy atom. The van der Waals surface area contributed by atoms with E-state index in [9.17, 15) is 25.2 Å². The van der Waals surface area contributed by atoms with Crippen molar-refractivity contribution in [2.75, 3.05) is 0 Å². The highest BCUT2D eigenvalue weighted by molar-refractivity contribution is 5.89. The normalized spacial score (nSPS) is 11.3. The molecule has 0 fully saturated rings. The summed E-state index contributed by atoms with van der Waals surface area (Å²) in [7, 11) is 0. The zero-order chi connectivity index (χ0) is 16.6. The molecule has 6 nitrogen and oxygen atoms in total. The van der Waals surface area contributed by atoms with Gasteiger partial charge in [0.2, 0.25) is 0 Å². The second-order valence-corrected chi connectivity index (χ2v) is 4.95. The molecule has 6 heteroatoms. The van der Waals surface area contributed by atoms with Crippen LogP contribution >= 0.6 is 0 Å².